The van der Waals surface area contributed by atoms with Crippen molar-refractivity contribution in [1.29, 1.82) is 0 Å². The largest absolute Gasteiger partial charge is 0.459 e. The van der Waals surface area contributed by atoms with Crippen LogP contribution in [0.25, 0.3) is 11.0 Å². The lowest BCUT2D eigenvalue weighted by atomic mass is 10.1. The number of halogens is 1. The average molecular weight is 323 g/mol. The van der Waals surface area contributed by atoms with Crippen molar-refractivity contribution in [2.45, 2.75) is 32.5 Å². The van der Waals surface area contributed by atoms with Crippen molar-refractivity contribution in [2.75, 3.05) is 6.61 Å². The Morgan fingerprint density at radius 1 is 1.41 bits per heavy atom. The molecule has 0 N–H and O–H groups in total. The molecule has 0 radical (unpaired) electrons. The highest BCUT2D eigenvalue weighted by molar-refractivity contribution is 6.32. The summed E-state index contributed by atoms with van der Waals surface area (Å²) in [6, 6.07) is 4.73. The molecule has 0 aliphatic carbocycles. The van der Waals surface area contributed by atoms with Crippen molar-refractivity contribution >= 4 is 28.5 Å². The number of hydrogen-bond acceptors (Lipinski definition) is 5. The number of ether oxygens (including phenoxy) is 2. The van der Waals surface area contributed by atoms with Crippen LogP contribution in [-0.2, 0) is 20.9 Å². The van der Waals surface area contributed by atoms with E-state index in [0.29, 0.717) is 34.6 Å². The SMILES string of the molecule is Cc1cc2oc(=O)cc(COC(=O)[C@H]3CCCO3)c2cc1Cl. The average Bonchev–Trinajstić information content (AvgIpc) is 3.00. The second-order valence-electron chi connectivity index (χ2n) is 5.30. The molecule has 22 heavy (non-hydrogen) atoms. The fourth-order valence-electron chi connectivity index (χ4n) is 2.47. The Morgan fingerprint density at radius 3 is 2.95 bits per heavy atom. The van der Waals surface area contributed by atoms with Crippen LogP contribution in [0, 0.1) is 6.92 Å². The van der Waals surface area contributed by atoms with Gasteiger partial charge in [-0.2, -0.15) is 0 Å². The van der Waals surface area contributed by atoms with Crippen molar-refractivity contribution in [2.24, 2.45) is 0 Å². The summed E-state index contributed by atoms with van der Waals surface area (Å²) in [5.74, 6) is -0.405. The minimum Gasteiger partial charge on any atom is -0.459 e. The molecule has 3 rings (SSSR count). The number of rotatable bonds is 3. The second-order valence-corrected chi connectivity index (χ2v) is 5.70. The van der Waals surface area contributed by atoms with Crippen LogP contribution in [0.15, 0.2) is 27.4 Å². The Balaban J connectivity index is 1.87. The zero-order valence-electron chi connectivity index (χ0n) is 12.1. The lowest BCUT2D eigenvalue weighted by Crippen LogP contribution is -2.22. The summed E-state index contributed by atoms with van der Waals surface area (Å²) in [4.78, 5) is 23.5. The van der Waals surface area contributed by atoms with Crippen molar-refractivity contribution in [3.63, 3.8) is 0 Å². The van der Waals surface area contributed by atoms with Crippen molar-refractivity contribution in [1.82, 2.24) is 0 Å². The molecule has 0 saturated carbocycles. The minimum absolute atomic E-state index is 0.0137. The van der Waals surface area contributed by atoms with E-state index in [0.717, 1.165) is 12.0 Å². The minimum atomic E-state index is -0.503. The molecular weight excluding hydrogens is 308 g/mol. The molecular formula is C16H15ClO5. The van der Waals surface area contributed by atoms with Crippen LogP contribution < -0.4 is 5.63 Å². The smallest absolute Gasteiger partial charge is 0.336 e. The maximum absolute atomic E-state index is 11.9. The van der Waals surface area contributed by atoms with Gasteiger partial charge in [0.25, 0.3) is 0 Å². The van der Waals surface area contributed by atoms with Gasteiger partial charge >= 0.3 is 11.6 Å². The molecule has 1 aromatic carbocycles. The number of hydrogen-bond donors (Lipinski definition) is 0. The lowest BCUT2D eigenvalue weighted by Gasteiger charge is -2.11. The van der Waals surface area contributed by atoms with Gasteiger partial charge in [0.2, 0.25) is 0 Å². The molecule has 1 aliphatic heterocycles. The standard InChI is InChI=1S/C16H15ClO5/c1-9-5-14-11(7-12(9)17)10(6-15(18)22-14)8-21-16(19)13-3-2-4-20-13/h5-7,13H,2-4,8H2,1H3/t13-/m1/s1. The van der Waals surface area contributed by atoms with E-state index in [1.807, 2.05) is 6.92 Å². The first-order valence-electron chi connectivity index (χ1n) is 7.06. The fourth-order valence-corrected chi connectivity index (χ4v) is 2.64. The lowest BCUT2D eigenvalue weighted by molar-refractivity contribution is -0.155. The molecule has 1 saturated heterocycles. The molecule has 2 heterocycles. The van der Waals surface area contributed by atoms with E-state index in [2.05, 4.69) is 0 Å². The summed E-state index contributed by atoms with van der Waals surface area (Å²) in [6.45, 7) is 2.39. The Hall–Kier alpha value is -1.85. The molecule has 0 bridgehead atoms. The number of benzene rings is 1. The van der Waals surface area contributed by atoms with Gasteiger partial charge in [-0.1, -0.05) is 11.6 Å². The third kappa shape index (κ3) is 3.00. The van der Waals surface area contributed by atoms with Gasteiger partial charge in [0.1, 0.15) is 12.2 Å². The molecule has 1 fully saturated rings. The fraction of sp³-hybridized carbons (Fsp3) is 0.375. The summed E-state index contributed by atoms with van der Waals surface area (Å²) in [6.07, 6.45) is 1.02. The monoisotopic (exact) mass is 322 g/mol. The van der Waals surface area contributed by atoms with Gasteiger partial charge in [-0.05, 0) is 37.5 Å². The van der Waals surface area contributed by atoms with E-state index < -0.39 is 17.7 Å². The zero-order valence-corrected chi connectivity index (χ0v) is 12.8. The summed E-state index contributed by atoms with van der Waals surface area (Å²) in [5, 5.41) is 1.23. The van der Waals surface area contributed by atoms with Gasteiger partial charge in [-0.25, -0.2) is 9.59 Å². The third-order valence-corrected chi connectivity index (χ3v) is 4.08. The zero-order chi connectivity index (χ0) is 15.7. The summed E-state index contributed by atoms with van der Waals surface area (Å²) in [5.41, 5.74) is 1.32. The first-order valence-corrected chi connectivity index (χ1v) is 7.43. The van der Waals surface area contributed by atoms with Crippen molar-refractivity contribution < 1.29 is 18.7 Å². The topological polar surface area (TPSA) is 65.7 Å². The number of carbonyl (C=O) groups excluding carboxylic acids is 1. The molecule has 0 amide bonds. The van der Waals surface area contributed by atoms with Crippen LogP contribution in [0.5, 0.6) is 0 Å². The first kappa shape index (κ1) is 15.1. The first-order chi connectivity index (χ1) is 10.5. The molecule has 1 aromatic heterocycles. The molecule has 2 aromatic rings. The normalized spacial score (nSPS) is 17.8. The van der Waals surface area contributed by atoms with Crippen LogP contribution in [-0.4, -0.2) is 18.7 Å². The highest BCUT2D eigenvalue weighted by atomic mass is 35.5. The second kappa shape index (κ2) is 6.10. The van der Waals surface area contributed by atoms with Crippen LogP contribution >= 0.6 is 11.6 Å². The van der Waals surface area contributed by atoms with Gasteiger partial charge in [-0.15, -0.1) is 0 Å². The van der Waals surface area contributed by atoms with Crippen LogP contribution in [0.1, 0.15) is 24.0 Å². The van der Waals surface area contributed by atoms with E-state index in [-0.39, 0.29) is 6.61 Å². The third-order valence-electron chi connectivity index (χ3n) is 3.67. The Kier molecular flexibility index (Phi) is 4.18. The quantitative estimate of drug-likeness (QED) is 0.642. The van der Waals surface area contributed by atoms with E-state index in [9.17, 15) is 9.59 Å². The highest BCUT2D eigenvalue weighted by Crippen LogP contribution is 2.25. The van der Waals surface area contributed by atoms with Crippen LogP contribution in [0.4, 0.5) is 0 Å². The van der Waals surface area contributed by atoms with E-state index >= 15 is 0 Å². The van der Waals surface area contributed by atoms with E-state index in [4.69, 9.17) is 25.5 Å². The summed E-state index contributed by atoms with van der Waals surface area (Å²) >= 11 is 6.12. The van der Waals surface area contributed by atoms with Crippen molar-refractivity contribution in [3.05, 3.63) is 44.8 Å². The van der Waals surface area contributed by atoms with Crippen LogP contribution in [0.3, 0.4) is 0 Å². The molecule has 0 unspecified atom stereocenters. The van der Waals surface area contributed by atoms with E-state index in [1.54, 1.807) is 12.1 Å². The number of carbonyl (C=O) groups is 1. The number of fused-ring (bicyclic) bond motifs is 1. The molecule has 1 atom stereocenters. The number of aryl methyl sites for hydroxylation is 1. The van der Waals surface area contributed by atoms with E-state index in [1.165, 1.54) is 6.07 Å². The maximum Gasteiger partial charge on any atom is 0.336 e. The molecule has 5 nitrogen and oxygen atoms in total. The van der Waals surface area contributed by atoms with Gasteiger partial charge in [0.15, 0.2) is 6.10 Å². The Labute approximate surface area is 131 Å². The predicted octanol–water partition coefficient (Wildman–Crippen LogP) is 2.98. The molecule has 116 valence electrons. The number of esters is 1. The predicted molar refractivity (Wildman–Crippen MR) is 81.0 cm³/mol. The summed E-state index contributed by atoms with van der Waals surface area (Å²) in [7, 11) is 0. The molecule has 0 spiro atoms. The maximum atomic E-state index is 11.9. The van der Waals surface area contributed by atoms with Gasteiger partial charge in [0.05, 0.1) is 0 Å². The van der Waals surface area contributed by atoms with Crippen LogP contribution in [0.2, 0.25) is 5.02 Å². The Bertz CT molecular complexity index is 774. The highest BCUT2D eigenvalue weighted by Gasteiger charge is 2.25. The Morgan fingerprint density at radius 2 is 2.23 bits per heavy atom. The molecule has 1 aliphatic rings. The van der Waals surface area contributed by atoms with Gasteiger partial charge in [-0.3, -0.25) is 0 Å². The van der Waals surface area contributed by atoms with Crippen molar-refractivity contribution in [3.8, 4) is 0 Å². The van der Waals surface area contributed by atoms with Gasteiger partial charge < -0.3 is 13.9 Å². The molecule has 6 heteroatoms. The summed E-state index contributed by atoms with van der Waals surface area (Å²) < 4.78 is 15.7. The van der Waals surface area contributed by atoms with Gasteiger partial charge in [0, 0.05) is 28.6 Å².